The number of carbonyl (C=O) groups excluding carboxylic acids is 1. The number of methoxy groups -OCH3 is 1. The van der Waals surface area contributed by atoms with Gasteiger partial charge in [-0.2, -0.15) is 0 Å². The van der Waals surface area contributed by atoms with Crippen molar-refractivity contribution >= 4 is 21.8 Å². The van der Waals surface area contributed by atoms with E-state index in [9.17, 15) is 28.3 Å². The third-order valence-corrected chi connectivity index (χ3v) is 8.18. The van der Waals surface area contributed by atoms with Crippen LogP contribution in [0.1, 0.15) is 31.4 Å². The molecule has 2 aromatic rings. The summed E-state index contributed by atoms with van der Waals surface area (Å²) in [5.74, 6) is 4.94. The quantitative estimate of drug-likeness (QED) is 0.276. The fourth-order valence-corrected chi connectivity index (χ4v) is 6.17. The molecule has 1 saturated heterocycles. The van der Waals surface area contributed by atoms with E-state index in [1.807, 2.05) is 0 Å². The Morgan fingerprint density at radius 3 is 2.33 bits per heavy atom. The second-order valence-electron chi connectivity index (χ2n) is 8.39. The van der Waals surface area contributed by atoms with Crippen LogP contribution in [0.5, 0.6) is 11.5 Å². The number of benzene rings is 2. The molecule has 0 spiro atoms. The van der Waals surface area contributed by atoms with Gasteiger partial charge >= 0.3 is 6.09 Å². The maximum Gasteiger partial charge on any atom is 0.407 e. The van der Waals surface area contributed by atoms with E-state index in [0.717, 1.165) is 0 Å². The number of hydrogen-bond donors (Lipinski definition) is 3. The molecule has 0 radical (unpaired) electrons. The summed E-state index contributed by atoms with van der Waals surface area (Å²) in [5, 5.41) is 19.3. The summed E-state index contributed by atoms with van der Waals surface area (Å²) in [6, 6.07) is 11.6. The van der Waals surface area contributed by atoms with Crippen LogP contribution in [-0.4, -0.2) is 61.6 Å². The fourth-order valence-electron chi connectivity index (χ4n) is 4.33. The molecule has 36 heavy (non-hydrogen) atoms. The first kappa shape index (κ1) is 26.8. The minimum absolute atomic E-state index is 0.0248. The SMILES string of the molecule is CC#CCOc1ccc(S(=O)(=O)CC2(C(=O)NO)CCN(C(=O)O)C(c3ccc(OC)cc3)C2)cc1. The second kappa shape index (κ2) is 11.3. The Balaban J connectivity index is 1.93. The van der Waals surface area contributed by atoms with Gasteiger partial charge in [-0.15, -0.1) is 5.92 Å². The Bertz CT molecular complexity index is 1250. The molecule has 11 heteroatoms. The number of likely N-dealkylation sites (tertiary alicyclic amines) is 1. The van der Waals surface area contributed by atoms with Gasteiger partial charge in [0, 0.05) is 6.54 Å². The van der Waals surface area contributed by atoms with Crippen LogP contribution >= 0.6 is 0 Å². The van der Waals surface area contributed by atoms with E-state index < -0.39 is 39.0 Å². The van der Waals surface area contributed by atoms with Crippen molar-refractivity contribution in [3.63, 3.8) is 0 Å². The van der Waals surface area contributed by atoms with Crippen molar-refractivity contribution in [2.24, 2.45) is 5.41 Å². The number of ether oxygens (including phenoxy) is 2. The number of hydrogen-bond acceptors (Lipinski definition) is 7. The molecular weight excluding hydrogens is 488 g/mol. The Labute approximate surface area is 209 Å². The number of sulfone groups is 1. The number of nitrogens with zero attached hydrogens (tertiary/aromatic N) is 1. The lowest BCUT2D eigenvalue weighted by Crippen LogP contribution is -2.53. The largest absolute Gasteiger partial charge is 0.497 e. The van der Waals surface area contributed by atoms with Crippen LogP contribution in [0.2, 0.25) is 0 Å². The van der Waals surface area contributed by atoms with Crippen LogP contribution in [0.3, 0.4) is 0 Å². The zero-order valence-electron chi connectivity index (χ0n) is 19.9. The predicted molar refractivity (Wildman–Crippen MR) is 130 cm³/mol. The van der Waals surface area contributed by atoms with E-state index in [1.165, 1.54) is 36.3 Å². The summed E-state index contributed by atoms with van der Waals surface area (Å²) >= 11 is 0. The van der Waals surface area contributed by atoms with Gasteiger partial charge in [-0.05, 0) is 61.7 Å². The lowest BCUT2D eigenvalue weighted by atomic mass is 9.74. The summed E-state index contributed by atoms with van der Waals surface area (Å²) in [4.78, 5) is 26.0. The first-order valence-corrected chi connectivity index (χ1v) is 12.7. The zero-order chi connectivity index (χ0) is 26.3. The van der Waals surface area contributed by atoms with Gasteiger partial charge in [0.25, 0.3) is 5.91 Å². The molecule has 0 bridgehead atoms. The predicted octanol–water partition coefficient (Wildman–Crippen LogP) is 2.88. The highest BCUT2D eigenvalue weighted by atomic mass is 32.2. The first-order chi connectivity index (χ1) is 17.2. The molecule has 2 atom stereocenters. The molecule has 1 aliphatic rings. The van der Waals surface area contributed by atoms with E-state index in [4.69, 9.17) is 9.47 Å². The maximum atomic E-state index is 13.4. The van der Waals surface area contributed by atoms with Crippen molar-refractivity contribution in [3.05, 3.63) is 54.1 Å². The Morgan fingerprint density at radius 1 is 1.14 bits per heavy atom. The van der Waals surface area contributed by atoms with E-state index in [1.54, 1.807) is 36.7 Å². The molecule has 2 amide bonds. The molecule has 2 aromatic carbocycles. The van der Waals surface area contributed by atoms with Crippen molar-refractivity contribution in [1.29, 1.82) is 0 Å². The average Bonchev–Trinajstić information content (AvgIpc) is 2.88. The molecule has 1 aliphatic heterocycles. The lowest BCUT2D eigenvalue weighted by molar-refractivity contribution is -0.142. The third kappa shape index (κ3) is 5.90. The molecule has 1 fully saturated rings. The van der Waals surface area contributed by atoms with Crippen molar-refractivity contribution in [2.75, 3.05) is 26.0 Å². The highest BCUT2D eigenvalue weighted by Gasteiger charge is 2.49. The van der Waals surface area contributed by atoms with Gasteiger partial charge in [0.05, 0.1) is 29.2 Å². The van der Waals surface area contributed by atoms with Crippen LogP contribution in [0.4, 0.5) is 4.79 Å². The van der Waals surface area contributed by atoms with Crippen molar-refractivity contribution in [3.8, 4) is 23.3 Å². The van der Waals surface area contributed by atoms with E-state index in [0.29, 0.717) is 17.1 Å². The Kier molecular flexibility index (Phi) is 8.45. The molecule has 0 saturated carbocycles. The Hall–Kier alpha value is -3.75. The molecular formula is C25H28N2O8S. The van der Waals surface area contributed by atoms with Crippen molar-refractivity contribution in [1.82, 2.24) is 10.4 Å². The smallest absolute Gasteiger partial charge is 0.407 e. The number of hydroxylamine groups is 1. The normalized spacial score (nSPS) is 19.5. The van der Waals surface area contributed by atoms with Gasteiger partial charge in [0.2, 0.25) is 0 Å². The maximum absolute atomic E-state index is 13.4. The molecule has 10 nitrogen and oxygen atoms in total. The van der Waals surface area contributed by atoms with Gasteiger partial charge in [0.15, 0.2) is 9.84 Å². The van der Waals surface area contributed by atoms with Gasteiger partial charge in [-0.3, -0.25) is 10.0 Å². The third-order valence-electron chi connectivity index (χ3n) is 6.26. The fraction of sp³-hybridized carbons (Fsp3) is 0.360. The van der Waals surface area contributed by atoms with E-state index in [-0.39, 0.29) is 30.9 Å². The highest BCUT2D eigenvalue weighted by Crippen LogP contribution is 2.44. The molecule has 3 N–H and O–H groups in total. The van der Waals surface area contributed by atoms with Gasteiger partial charge in [-0.25, -0.2) is 18.7 Å². The number of rotatable bonds is 8. The highest BCUT2D eigenvalue weighted by molar-refractivity contribution is 7.91. The minimum Gasteiger partial charge on any atom is -0.497 e. The van der Waals surface area contributed by atoms with Gasteiger partial charge < -0.3 is 19.5 Å². The standard InChI is InChI=1S/C25H28N2O8S/c1-3-4-15-35-20-9-11-21(12-10-20)36(32,33)17-25(23(28)26-31)13-14-27(24(29)30)22(16-25)18-5-7-19(34-2)8-6-18/h5-12,22,31H,13-17H2,1-2H3,(H,26,28)(H,29,30). The lowest BCUT2D eigenvalue weighted by Gasteiger charge is -2.44. The van der Waals surface area contributed by atoms with Crippen LogP contribution in [0.15, 0.2) is 53.4 Å². The monoisotopic (exact) mass is 516 g/mol. The van der Waals surface area contributed by atoms with Crippen LogP contribution in [-0.2, 0) is 14.6 Å². The van der Waals surface area contributed by atoms with Crippen LogP contribution < -0.4 is 15.0 Å². The van der Waals surface area contributed by atoms with Crippen LogP contribution in [0, 0.1) is 17.3 Å². The average molecular weight is 517 g/mol. The van der Waals surface area contributed by atoms with Crippen molar-refractivity contribution in [2.45, 2.75) is 30.7 Å². The topological polar surface area (TPSA) is 142 Å². The van der Waals surface area contributed by atoms with Crippen molar-refractivity contribution < 1.29 is 37.8 Å². The first-order valence-electron chi connectivity index (χ1n) is 11.1. The Morgan fingerprint density at radius 2 is 1.78 bits per heavy atom. The zero-order valence-corrected chi connectivity index (χ0v) is 20.7. The summed E-state index contributed by atoms with van der Waals surface area (Å²) in [6.45, 7) is 1.74. The summed E-state index contributed by atoms with van der Waals surface area (Å²) in [6.07, 6.45) is -1.43. The van der Waals surface area contributed by atoms with Gasteiger partial charge in [-0.1, -0.05) is 18.1 Å². The molecule has 2 unspecified atom stereocenters. The molecule has 0 aromatic heterocycles. The molecule has 0 aliphatic carbocycles. The minimum atomic E-state index is -4.01. The summed E-state index contributed by atoms with van der Waals surface area (Å²) in [5.41, 5.74) is 0.597. The van der Waals surface area contributed by atoms with E-state index >= 15 is 0 Å². The van der Waals surface area contributed by atoms with Crippen LogP contribution in [0.25, 0.3) is 0 Å². The molecule has 3 rings (SSSR count). The second-order valence-corrected chi connectivity index (χ2v) is 10.4. The number of piperidine rings is 1. The number of nitrogens with one attached hydrogen (secondary N) is 1. The van der Waals surface area contributed by atoms with E-state index in [2.05, 4.69) is 11.8 Å². The number of amides is 2. The summed E-state index contributed by atoms with van der Waals surface area (Å²) < 4.78 is 37.3. The number of carboxylic acid groups (broad SMARTS) is 1. The van der Waals surface area contributed by atoms with Gasteiger partial charge in [0.1, 0.15) is 18.1 Å². The molecule has 1 heterocycles. The number of carbonyl (C=O) groups is 2. The molecule has 192 valence electrons. The summed E-state index contributed by atoms with van der Waals surface area (Å²) in [7, 11) is -2.51.